The number of esters is 1. The fraction of sp³-hybridized carbons (Fsp3) is 0.423. The Morgan fingerprint density at radius 1 is 1.00 bits per heavy atom. The molecule has 0 spiro atoms. The van der Waals surface area contributed by atoms with Crippen molar-refractivity contribution in [3.8, 4) is 0 Å². The number of carbonyl (C=O) groups is 3. The number of fused-ring (bicyclic) bond motifs is 1. The number of ether oxygens (including phenoxy) is 1. The van der Waals surface area contributed by atoms with Gasteiger partial charge in [0.2, 0.25) is 0 Å². The quantitative estimate of drug-likeness (QED) is 0.688. The molecule has 2 aliphatic rings. The molecule has 0 radical (unpaired) electrons. The Labute approximate surface area is 189 Å². The number of rotatable bonds is 4. The number of nitrogens with zero attached hydrogens (tertiary/aromatic N) is 2. The van der Waals surface area contributed by atoms with E-state index in [0.29, 0.717) is 31.5 Å². The van der Waals surface area contributed by atoms with E-state index in [-0.39, 0.29) is 29.7 Å². The van der Waals surface area contributed by atoms with Gasteiger partial charge in [-0.05, 0) is 63.3 Å². The summed E-state index contributed by atoms with van der Waals surface area (Å²) in [6.07, 6.45) is 1.04. The Morgan fingerprint density at radius 2 is 1.66 bits per heavy atom. The standard InChI is InChI=1S/C26H30N2O4/c1-17-8-4-6-10-22(17)25(30)27-14-12-20(13-15-27)26(31)32-19(3)24(29)28-18(2)16-21-9-5-7-11-23(21)28/h4-11,18-20H,12-16H2,1-3H3. The Bertz CT molecular complexity index is 1030. The van der Waals surface area contributed by atoms with Gasteiger partial charge < -0.3 is 14.5 Å². The van der Waals surface area contributed by atoms with E-state index in [1.165, 1.54) is 0 Å². The van der Waals surface area contributed by atoms with Crippen molar-refractivity contribution in [2.75, 3.05) is 18.0 Å². The molecule has 2 atom stereocenters. The summed E-state index contributed by atoms with van der Waals surface area (Å²) in [7, 11) is 0. The maximum Gasteiger partial charge on any atom is 0.309 e. The minimum Gasteiger partial charge on any atom is -0.452 e. The van der Waals surface area contributed by atoms with E-state index in [4.69, 9.17) is 4.74 Å². The lowest BCUT2D eigenvalue weighted by molar-refractivity contribution is -0.159. The van der Waals surface area contributed by atoms with Crippen LogP contribution in [0, 0.1) is 12.8 Å². The lowest BCUT2D eigenvalue weighted by Gasteiger charge is -2.32. The lowest BCUT2D eigenvalue weighted by Crippen LogP contribution is -2.45. The topological polar surface area (TPSA) is 66.9 Å². The van der Waals surface area contributed by atoms with Gasteiger partial charge in [0.25, 0.3) is 11.8 Å². The second kappa shape index (κ2) is 9.15. The van der Waals surface area contributed by atoms with Crippen LogP contribution < -0.4 is 4.90 Å². The summed E-state index contributed by atoms with van der Waals surface area (Å²) >= 11 is 0. The minimum absolute atomic E-state index is 0.000138. The lowest BCUT2D eigenvalue weighted by atomic mass is 9.96. The van der Waals surface area contributed by atoms with Gasteiger partial charge in [0.15, 0.2) is 6.10 Å². The molecule has 0 aliphatic carbocycles. The number of carbonyl (C=O) groups excluding carboxylic acids is 3. The number of likely N-dealkylation sites (tertiary alicyclic amines) is 1. The van der Waals surface area contributed by atoms with Crippen LogP contribution in [0.4, 0.5) is 5.69 Å². The zero-order chi connectivity index (χ0) is 22.8. The highest BCUT2D eigenvalue weighted by atomic mass is 16.5. The number of hydrogen-bond donors (Lipinski definition) is 0. The largest absolute Gasteiger partial charge is 0.452 e. The van der Waals surface area contributed by atoms with E-state index < -0.39 is 6.10 Å². The van der Waals surface area contributed by atoms with Crippen LogP contribution in [0.1, 0.15) is 48.2 Å². The zero-order valence-corrected chi connectivity index (χ0v) is 18.9. The molecular weight excluding hydrogens is 404 g/mol. The van der Waals surface area contributed by atoms with Crippen molar-refractivity contribution in [1.82, 2.24) is 4.90 Å². The monoisotopic (exact) mass is 434 g/mol. The number of anilines is 1. The van der Waals surface area contributed by atoms with Crippen molar-refractivity contribution < 1.29 is 19.1 Å². The highest BCUT2D eigenvalue weighted by molar-refractivity contribution is 6.00. The average molecular weight is 435 g/mol. The van der Waals surface area contributed by atoms with Gasteiger partial charge in [-0.25, -0.2) is 0 Å². The van der Waals surface area contributed by atoms with Gasteiger partial charge in [0, 0.05) is 30.4 Å². The van der Waals surface area contributed by atoms with Crippen LogP contribution in [0.15, 0.2) is 48.5 Å². The number of benzene rings is 2. The molecule has 2 unspecified atom stereocenters. The third-order valence-electron chi connectivity index (χ3n) is 6.58. The molecule has 0 saturated carbocycles. The summed E-state index contributed by atoms with van der Waals surface area (Å²) in [5.41, 5.74) is 3.69. The maximum absolute atomic E-state index is 13.1. The van der Waals surface area contributed by atoms with E-state index >= 15 is 0 Å². The molecule has 32 heavy (non-hydrogen) atoms. The smallest absolute Gasteiger partial charge is 0.309 e. The Kier molecular flexibility index (Phi) is 6.31. The fourth-order valence-electron chi connectivity index (χ4n) is 4.72. The summed E-state index contributed by atoms with van der Waals surface area (Å²) in [5.74, 6) is -0.841. The van der Waals surface area contributed by atoms with Gasteiger partial charge in [-0.1, -0.05) is 36.4 Å². The van der Waals surface area contributed by atoms with Gasteiger partial charge in [0.05, 0.1) is 5.92 Å². The molecule has 6 nitrogen and oxygen atoms in total. The molecule has 2 amide bonds. The molecule has 2 aromatic rings. The van der Waals surface area contributed by atoms with E-state index in [1.54, 1.807) is 16.7 Å². The minimum atomic E-state index is -0.845. The Morgan fingerprint density at radius 3 is 2.38 bits per heavy atom. The predicted molar refractivity (Wildman–Crippen MR) is 122 cm³/mol. The van der Waals surface area contributed by atoms with E-state index in [0.717, 1.165) is 23.2 Å². The molecule has 0 aromatic heterocycles. The first-order valence-electron chi connectivity index (χ1n) is 11.3. The maximum atomic E-state index is 13.1. The number of aryl methyl sites for hydroxylation is 1. The molecule has 2 heterocycles. The first-order valence-corrected chi connectivity index (χ1v) is 11.3. The van der Waals surface area contributed by atoms with Gasteiger partial charge in [0.1, 0.15) is 0 Å². The Hall–Kier alpha value is -3.15. The third kappa shape index (κ3) is 4.27. The molecule has 0 N–H and O–H groups in total. The number of hydrogen-bond acceptors (Lipinski definition) is 4. The van der Waals surface area contributed by atoms with Crippen molar-refractivity contribution in [2.24, 2.45) is 5.92 Å². The highest BCUT2D eigenvalue weighted by Crippen LogP contribution is 2.32. The summed E-state index contributed by atoms with van der Waals surface area (Å²) < 4.78 is 5.59. The van der Waals surface area contributed by atoms with Crippen LogP contribution in [0.2, 0.25) is 0 Å². The number of amides is 2. The van der Waals surface area contributed by atoms with Crippen molar-refractivity contribution in [1.29, 1.82) is 0 Å². The van der Waals surface area contributed by atoms with Crippen LogP contribution in [-0.4, -0.2) is 47.9 Å². The van der Waals surface area contributed by atoms with Crippen LogP contribution in [-0.2, 0) is 20.7 Å². The molecular formula is C26H30N2O4. The highest BCUT2D eigenvalue weighted by Gasteiger charge is 2.36. The van der Waals surface area contributed by atoms with Crippen LogP contribution in [0.3, 0.4) is 0 Å². The average Bonchev–Trinajstić information content (AvgIpc) is 3.14. The molecule has 1 fully saturated rings. The van der Waals surface area contributed by atoms with Crippen LogP contribution in [0.5, 0.6) is 0 Å². The molecule has 2 aliphatic heterocycles. The van der Waals surface area contributed by atoms with Gasteiger partial charge in [-0.15, -0.1) is 0 Å². The fourth-order valence-corrected chi connectivity index (χ4v) is 4.72. The van der Waals surface area contributed by atoms with E-state index in [1.807, 2.05) is 62.4 Å². The van der Waals surface area contributed by atoms with Gasteiger partial charge >= 0.3 is 5.97 Å². The van der Waals surface area contributed by atoms with Crippen molar-refractivity contribution in [3.63, 3.8) is 0 Å². The first kappa shape index (κ1) is 22.1. The van der Waals surface area contributed by atoms with E-state index in [9.17, 15) is 14.4 Å². The van der Waals surface area contributed by atoms with Crippen molar-refractivity contribution in [2.45, 2.75) is 52.2 Å². The molecule has 0 bridgehead atoms. The first-order chi connectivity index (χ1) is 15.4. The third-order valence-corrected chi connectivity index (χ3v) is 6.58. The predicted octanol–water partition coefficient (Wildman–Crippen LogP) is 3.76. The molecule has 6 heteroatoms. The number of para-hydroxylation sites is 1. The summed E-state index contributed by atoms with van der Waals surface area (Å²) in [6, 6.07) is 15.4. The van der Waals surface area contributed by atoms with E-state index in [2.05, 4.69) is 0 Å². The van der Waals surface area contributed by atoms with Crippen molar-refractivity contribution >= 4 is 23.5 Å². The van der Waals surface area contributed by atoms with Gasteiger partial charge in [-0.3, -0.25) is 14.4 Å². The molecule has 168 valence electrons. The molecule has 4 rings (SSSR count). The second-order valence-electron chi connectivity index (χ2n) is 8.85. The normalized spacial score (nSPS) is 19.4. The van der Waals surface area contributed by atoms with Crippen LogP contribution in [0.25, 0.3) is 0 Å². The van der Waals surface area contributed by atoms with Crippen LogP contribution >= 0.6 is 0 Å². The summed E-state index contributed by atoms with van der Waals surface area (Å²) in [6.45, 7) is 6.59. The zero-order valence-electron chi connectivity index (χ0n) is 18.9. The number of piperidine rings is 1. The SMILES string of the molecule is Cc1ccccc1C(=O)N1CCC(C(=O)OC(C)C(=O)N2c3ccccc3CC2C)CC1. The molecule has 1 saturated heterocycles. The second-order valence-corrected chi connectivity index (χ2v) is 8.85. The Balaban J connectivity index is 1.33. The van der Waals surface area contributed by atoms with Gasteiger partial charge in [-0.2, -0.15) is 0 Å². The van der Waals surface area contributed by atoms with Crippen molar-refractivity contribution in [3.05, 3.63) is 65.2 Å². The summed E-state index contributed by atoms with van der Waals surface area (Å²) in [5, 5.41) is 0. The molecule has 2 aromatic carbocycles. The summed E-state index contributed by atoms with van der Waals surface area (Å²) in [4.78, 5) is 42.2.